The Morgan fingerprint density at radius 3 is 2.77 bits per heavy atom. The van der Waals surface area contributed by atoms with Gasteiger partial charge in [0.25, 0.3) is 5.92 Å². The van der Waals surface area contributed by atoms with Crippen molar-refractivity contribution < 1.29 is 18.0 Å². The number of nitrogen functional groups attached to an aromatic ring is 1. The number of carbonyl (C=O) groups excluding carboxylic acids is 1. The molecule has 0 aromatic carbocycles. The molecule has 3 heterocycles. The summed E-state index contributed by atoms with van der Waals surface area (Å²) in [4.78, 5) is 29.1. The van der Waals surface area contributed by atoms with Gasteiger partial charge in [-0.3, -0.25) is 4.79 Å². The summed E-state index contributed by atoms with van der Waals surface area (Å²) >= 11 is 1.14. The molecule has 1 fully saturated rings. The summed E-state index contributed by atoms with van der Waals surface area (Å²) in [6.07, 6.45) is 3.03. The highest BCUT2D eigenvalue weighted by atomic mass is 32.1. The Kier molecular flexibility index (Phi) is 4.83. The molecule has 2 aliphatic carbocycles. The van der Waals surface area contributed by atoms with Gasteiger partial charge in [-0.15, -0.1) is 11.3 Å². The maximum Gasteiger partial charge on any atom is 0.312 e. The van der Waals surface area contributed by atoms with E-state index in [1.165, 1.54) is 0 Å². The van der Waals surface area contributed by atoms with Gasteiger partial charge in [0.2, 0.25) is 5.91 Å². The number of amides is 1. The molecule has 1 amide bonds. The molecule has 0 aliphatic heterocycles. The molecule has 3 aromatic heterocycles. The van der Waals surface area contributed by atoms with E-state index in [4.69, 9.17) is 5.73 Å². The number of alkyl halides is 2. The third-order valence-corrected chi connectivity index (χ3v) is 7.05. The van der Waals surface area contributed by atoms with E-state index in [2.05, 4.69) is 25.3 Å². The third kappa shape index (κ3) is 3.84. The van der Waals surface area contributed by atoms with Crippen molar-refractivity contribution in [3.05, 3.63) is 23.0 Å². The van der Waals surface area contributed by atoms with Crippen LogP contribution in [0, 0.1) is 12.0 Å². The maximum atomic E-state index is 13.6. The summed E-state index contributed by atoms with van der Waals surface area (Å²) in [5.74, 6) is -3.05. The van der Waals surface area contributed by atoms with Crippen molar-refractivity contribution in [3.8, 4) is 0 Å². The number of carbonyl (C=O) groups is 1. The average Bonchev–Trinajstić information content (AvgIpc) is 3.30. The third-order valence-electron chi connectivity index (χ3n) is 6.04. The quantitative estimate of drug-likeness (QED) is 0.590. The fourth-order valence-electron chi connectivity index (χ4n) is 4.40. The number of imidazole rings is 1. The zero-order valence-electron chi connectivity index (χ0n) is 16.4. The molecule has 2 aliphatic rings. The summed E-state index contributed by atoms with van der Waals surface area (Å²) < 4.78 is 42.6. The molecule has 0 bridgehead atoms. The lowest BCUT2D eigenvalue weighted by atomic mass is 9.85. The Hall–Kier alpha value is -2.76. The van der Waals surface area contributed by atoms with Crippen LogP contribution < -0.4 is 11.1 Å². The topological polar surface area (TPSA) is 112 Å². The van der Waals surface area contributed by atoms with Crippen molar-refractivity contribution in [1.29, 1.82) is 0 Å². The second kappa shape index (κ2) is 7.43. The monoisotopic (exact) mass is 451 g/mol. The number of hydrogen-bond donors (Lipinski definition) is 2. The SMILES string of the molecule is Nc1nc(F)nc2c1ncn2C1CCC(C(=O)Nc2nc3c(s2)CC(F)(F)CC3)CC1. The van der Waals surface area contributed by atoms with Gasteiger partial charge in [-0.25, -0.2) is 18.7 Å². The van der Waals surface area contributed by atoms with Crippen LogP contribution in [-0.4, -0.2) is 36.3 Å². The molecule has 0 spiro atoms. The van der Waals surface area contributed by atoms with Crippen molar-refractivity contribution in [2.45, 2.75) is 56.9 Å². The van der Waals surface area contributed by atoms with E-state index in [0.29, 0.717) is 52.5 Å². The molecule has 31 heavy (non-hydrogen) atoms. The van der Waals surface area contributed by atoms with E-state index >= 15 is 0 Å². The van der Waals surface area contributed by atoms with Crippen LogP contribution in [0.25, 0.3) is 11.2 Å². The molecule has 0 saturated heterocycles. The van der Waals surface area contributed by atoms with Crippen molar-refractivity contribution >= 4 is 39.4 Å². The first-order chi connectivity index (χ1) is 14.8. The molecule has 0 atom stereocenters. The molecular formula is C19H20F3N7OS. The van der Waals surface area contributed by atoms with Crippen LogP contribution in [0.15, 0.2) is 6.33 Å². The first kappa shape index (κ1) is 20.2. The number of aryl methyl sites for hydroxylation is 1. The largest absolute Gasteiger partial charge is 0.382 e. The molecule has 0 radical (unpaired) electrons. The van der Waals surface area contributed by atoms with E-state index in [-0.39, 0.29) is 42.9 Å². The van der Waals surface area contributed by atoms with Gasteiger partial charge in [0.15, 0.2) is 16.6 Å². The van der Waals surface area contributed by atoms with Gasteiger partial charge >= 0.3 is 6.08 Å². The fourth-order valence-corrected chi connectivity index (χ4v) is 5.49. The first-order valence-electron chi connectivity index (χ1n) is 10.1. The molecule has 8 nitrogen and oxygen atoms in total. The van der Waals surface area contributed by atoms with E-state index in [0.717, 1.165) is 11.3 Å². The molecule has 3 aromatic rings. The van der Waals surface area contributed by atoms with Gasteiger partial charge in [0, 0.05) is 29.7 Å². The van der Waals surface area contributed by atoms with Gasteiger partial charge in [-0.1, -0.05) is 0 Å². The molecule has 3 N–H and O–H groups in total. The van der Waals surface area contributed by atoms with Crippen LogP contribution in [0.2, 0.25) is 0 Å². The number of nitrogens with zero attached hydrogens (tertiary/aromatic N) is 5. The van der Waals surface area contributed by atoms with Crippen LogP contribution in [0.3, 0.4) is 0 Å². The summed E-state index contributed by atoms with van der Waals surface area (Å²) in [6, 6.07) is 0.0251. The van der Waals surface area contributed by atoms with Crippen LogP contribution >= 0.6 is 11.3 Å². The molecule has 0 unspecified atom stereocenters. The Morgan fingerprint density at radius 2 is 2.00 bits per heavy atom. The normalized spacial score (nSPS) is 22.9. The molecule has 5 rings (SSSR count). The van der Waals surface area contributed by atoms with Gasteiger partial charge in [0.1, 0.15) is 5.52 Å². The molecular weight excluding hydrogens is 431 g/mol. The van der Waals surface area contributed by atoms with Gasteiger partial charge in [-0.2, -0.15) is 14.4 Å². The highest BCUT2D eigenvalue weighted by Crippen LogP contribution is 2.38. The Morgan fingerprint density at radius 1 is 1.23 bits per heavy atom. The van der Waals surface area contributed by atoms with Crippen LogP contribution in [0.1, 0.15) is 48.7 Å². The fraction of sp³-hybridized carbons (Fsp3) is 0.526. The summed E-state index contributed by atoms with van der Waals surface area (Å²) in [5.41, 5.74) is 7.09. The number of nitrogens with one attached hydrogen (secondary N) is 1. The Labute approximate surface area is 179 Å². The van der Waals surface area contributed by atoms with E-state index in [9.17, 15) is 18.0 Å². The molecule has 164 valence electrons. The van der Waals surface area contributed by atoms with Crippen molar-refractivity contribution in [2.24, 2.45) is 5.92 Å². The highest BCUT2D eigenvalue weighted by molar-refractivity contribution is 7.15. The van der Waals surface area contributed by atoms with Gasteiger partial charge in [-0.05, 0) is 32.1 Å². The lowest BCUT2D eigenvalue weighted by Gasteiger charge is -2.28. The predicted molar refractivity (Wildman–Crippen MR) is 108 cm³/mol. The standard InChI is InChI=1S/C19H20F3N7OS/c20-17-26-14(23)13-15(27-17)29(8-24-13)10-3-1-9(2-4-10)16(30)28-18-25-11-5-6-19(21,22)7-12(11)31-18/h8-10H,1-7H2,(H2,23,26,27)(H,25,28,30). The van der Waals surface area contributed by atoms with E-state index in [1.54, 1.807) is 10.9 Å². The number of hydrogen-bond acceptors (Lipinski definition) is 7. The maximum absolute atomic E-state index is 13.6. The molecule has 1 saturated carbocycles. The number of thiazole rings is 1. The zero-order valence-corrected chi connectivity index (χ0v) is 17.3. The minimum absolute atomic E-state index is 0.00165. The van der Waals surface area contributed by atoms with Crippen molar-refractivity contribution in [2.75, 3.05) is 11.1 Å². The second-order valence-corrected chi connectivity index (χ2v) is 9.20. The number of fused-ring (bicyclic) bond motifs is 2. The number of nitrogens with two attached hydrogens (primary N) is 1. The Bertz CT molecular complexity index is 1150. The van der Waals surface area contributed by atoms with Crippen LogP contribution in [0.5, 0.6) is 0 Å². The smallest absolute Gasteiger partial charge is 0.312 e. The second-order valence-electron chi connectivity index (χ2n) is 8.12. The number of halogens is 3. The summed E-state index contributed by atoms with van der Waals surface area (Å²) in [5, 5.41) is 3.20. The number of aromatic nitrogens is 5. The van der Waals surface area contributed by atoms with Crippen LogP contribution in [0.4, 0.5) is 24.1 Å². The molecule has 12 heteroatoms. The minimum atomic E-state index is -2.70. The van der Waals surface area contributed by atoms with E-state index in [1.807, 2.05) is 0 Å². The van der Waals surface area contributed by atoms with Crippen molar-refractivity contribution in [3.63, 3.8) is 0 Å². The summed E-state index contributed by atoms with van der Waals surface area (Å²) in [6.45, 7) is 0. The van der Waals surface area contributed by atoms with Crippen LogP contribution in [-0.2, 0) is 17.6 Å². The lowest BCUT2D eigenvalue weighted by molar-refractivity contribution is -0.121. The van der Waals surface area contributed by atoms with Gasteiger partial charge in [0.05, 0.1) is 12.0 Å². The minimum Gasteiger partial charge on any atom is -0.382 e. The average molecular weight is 451 g/mol. The predicted octanol–water partition coefficient (Wildman–Crippen LogP) is 3.50. The number of rotatable bonds is 3. The number of anilines is 2. The van der Waals surface area contributed by atoms with E-state index < -0.39 is 12.0 Å². The van der Waals surface area contributed by atoms with Gasteiger partial charge < -0.3 is 15.6 Å². The Balaban J connectivity index is 1.23. The van der Waals surface area contributed by atoms with Crippen molar-refractivity contribution in [1.82, 2.24) is 24.5 Å². The highest BCUT2D eigenvalue weighted by Gasteiger charge is 2.36. The zero-order chi connectivity index (χ0) is 21.8. The lowest BCUT2D eigenvalue weighted by Crippen LogP contribution is -2.28. The summed E-state index contributed by atoms with van der Waals surface area (Å²) in [7, 11) is 0. The first-order valence-corrected chi connectivity index (χ1v) is 10.9.